The number of amides is 1. The summed E-state index contributed by atoms with van der Waals surface area (Å²) >= 11 is 0. The van der Waals surface area contributed by atoms with Crippen molar-refractivity contribution in [3.8, 4) is 0 Å². The number of hydrogen-bond acceptors (Lipinski definition) is 10. The molecule has 0 bridgehead atoms. The van der Waals surface area contributed by atoms with Crippen molar-refractivity contribution in [2.45, 2.75) is 307 Å². The summed E-state index contributed by atoms with van der Waals surface area (Å²) < 4.78 is 17.6. The van der Waals surface area contributed by atoms with Gasteiger partial charge in [-0.25, -0.2) is 0 Å². The first-order valence-electron chi connectivity index (χ1n) is 31.4. The predicted molar refractivity (Wildman–Crippen MR) is 319 cm³/mol. The second kappa shape index (κ2) is 53.5. The van der Waals surface area contributed by atoms with E-state index in [1.807, 2.05) is 48.6 Å². The molecule has 0 aromatic rings. The van der Waals surface area contributed by atoms with Crippen molar-refractivity contribution in [3.63, 3.8) is 0 Å². The molecule has 8 unspecified atom stereocenters. The maximum absolute atomic E-state index is 13.3. The van der Waals surface area contributed by atoms with Gasteiger partial charge >= 0.3 is 5.97 Å². The normalized spacial score (nSPS) is 19.6. The van der Waals surface area contributed by atoms with Crippen molar-refractivity contribution in [2.24, 2.45) is 0 Å². The van der Waals surface area contributed by atoms with Crippen LogP contribution < -0.4 is 5.32 Å². The van der Waals surface area contributed by atoms with Crippen LogP contribution >= 0.6 is 0 Å². The van der Waals surface area contributed by atoms with Gasteiger partial charge in [0.15, 0.2) is 12.4 Å². The summed E-state index contributed by atoms with van der Waals surface area (Å²) in [5.74, 6) is -1.24. The Morgan fingerprint density at radius 1 is 0.532 bits per heavy atom. The number of aliphatic hydroxyl groups is 5. The summed E-state index contributed by atoms with van der Waals surface area (Å²) in [4.78, 5) is 26.5. The number of ether oxygens (including phenoxy) is 3. The summed E-state index contributed by atoms with van der Waals surface area (Å²) in [5.41, 5.74) is 0. The first kappa shape index (κ1) is 71.9. The van der Waals surface area contributed by atoms with E-state index in [-0.39, 0.29) is 19.4 Å². The van der Waals surface area contributed by atoms with Crippen molar-refractivity contribution in [3.05, 3.63) is 85.1 Å². The van der Waals surface area contributed by atoms with Crippen molar-refractivity contribution in [1.82, 2.24) is 5.32 Å². The fourth-order valence-electron chi connectivity index (χ4n) is 9.40. The van der Waals surface area contributed by atoms with Crippen LogP contribution in [0.25, 0.3) is 0 Å². The van der Waals surface area contributed by atoms with Crippen LogP contribution in [0.4, 0.5) is 0 Å². The molecule has 6 N–H and O–H groups in total. The summed E-state index contributed by atoms with van der Waals surface area (Å²) in [5, 5.41) is 56.8. The van der Waals surface area contributed by atoms with Crippen LogP contribution in [0.2, 0.25) is 0 Å². The molecule has 1 heterocycles. The van der Waals surface area contributed by atoms with Gasteiger partial charge in [-0.3, -0.25) is 9.59 Å². The van der Waals surface area contributed by atoms with Gasteiger partial charge in [0.25, 0.3) is 0 Å². The molecule has 11 nitrogen and oxygen atoms in total. The molecule has 0 aromatic carbocycles. The quantitative estimate of drug-likeness (QED) is 0.0149. The zero-order valence-corrected chi connectivity index (χ0v) is 49.1. The Morgan fingerprint density at radius 3 is 1.53 bits per heavy atom. The number of carbonyl (C=O) groups excluding carboxylic acids is 2. The first-order chi connectivity index (χ1) is 37.7. The van der Waals surface area contributed by atoms with Gasteiger partial charge in [-0.2, -0.15) is 0 Å². The lowest BCUT2D eigenvalue weighted by molar-refractivity contribution is -0.305. The van der Waals surface area contributed by atoms with E-state index in [2.05, 4.69) is 56.5 Å². The summed E-state index contributed by atoms with van der Waals surface area (Å²) in [6.07, 6.45) is 59.3. The van der Waals surface area contributed by atoms with Gasteiger partial charge in [0, 0.05) is 6.42 Å². The van der Waals surface area contributed by atoms with E-state index in [4.69, 9.17) is 14.2 Å². The molecule has 0 radical (unpaired) electrons. The molecule has 77 heavy (non-hydrogen) atoms. The van der Waals surface area contributed by atoms with Crippen molar-refractivity contribution >= 4 is 11.9 Å². The molecule has 8 atom stereocenters. The number of aliphatic hydroxyl groups excluding tert-OH is 5. The Morgan fingerprint density at radius 2 is 0.987 bits per heavy atom. The average molecular weight is 1080 g/mol. The number of hydrogen-bond donors (Lipinski definition) is 6. The zero-order valence-electron chi connectivity index (χ0n) is 49.1. The molecular formula is C66H115NO10. The largest absolute Gasteiger partial charge is 0.454 e. The van der Waals surface area contributed by atoms with Gasteiger partial charge in [0.05, 0.1) is 25.4 Å². The Hall–Kier alpha value is -3.16. The number of rotatable bonds is 52. The van der Waals surface area contributed by atoms with E-state index in [0.29, 0.717) is 12.8 Å². The average Bonchev–Trinajstić information content (AvgIpc) is 3.43. The van der Waals surface area contributed by atoms with Crippen LogP contribution in [0.5, 0.6) is 0 Å². The SMILES string of the molecule is CC/C=C/C=C/C=C\C=C/CCCCC(O)C(=O)NC(COC1OC(CO)C(O)C(O)C1OC(=O)CCCCCCCCCCCCCCCCC/C=C\C/C=C\CCCCC)C(O)/C=C/CCCCCCCCCCC. The standard InChI is InChI=1S/C66H115NO10/c1-4-7-10-13-16-19-22-24-25-26-27-28-29-30-31-32-33-34-35-36-39-42-45-48-51-54-61(71)77-64-63(73)62(72)60(55-68)76-66(64)75-56-57(58(69)52-49-46-43-40-37-21-18-15-12-9-6-3)67-65(74)59(70)53-50-47-44-41-38-23-20-17-14-11-8-5-2/h8,11,14,16-17,19-20,23-25,38,41,49,52,57-60,62-64,66,68-70,72-73H,4-7,9-10,12-13,15,18,21-22,26-37,39-40,42-48,50-51,53-56H2,1-3H3,(H,67,74)/b11-8+,17-14+,19-16-,23-20-,25-24-,41-38-,52-49+. The first-order valence-corrected chi connectivity index (χ1v) is 31.4. The van der Waals surface area contributed by atoms with Crippen LogP contribution in [0.15, 0.2) is 85.1 Å². The highest BCUT2D eigenvalue weighted by molar-refractivity contribution is 5.80. The van der Waals surface area contributed by atoms with Gasteiger partial charge in [-0.15, -0.1) is 0 Å². The molecular weight excluding hydrogens is 967 g/mol. The zero-order chi connectivity index (χ0) is 56.1. The second-order valence-electron chi connectivity index (χ2n) is 21.5. The minimum atomic E-state index is -1.62. The molecule has 0 spiro atoms. The highest BCUT2D eigenvalue weighted by Gasteiger charge is 2.47. The van der Waals surface area contributed by atoms with Crippen molar-refractivity contribution < 1.29 is 49.3 Å². The lowest BCUT2D eigenvalue weighted by Gasteiger charge is -2.41. The van der Waals surface area contributed by atoms with Crippen molar-refractivity contribution in [2.75, 3.05) is 13.2 Å². The minimum absolute atomic E-state index is 0.116. The minimum Gasteiger partial charge on any atom is -0.454 e. The topological polar surface area (TPSA) is 175 Å². The number of esters is 1. The van der Waals surface area contributed by atoms with Gasteiger partial charge in [0.1, 0.15) is 24.4 Å². The molecule has 0 aromatic heterocycles. The second-order valence-corrected chi connectivity index (χ2v) is 21.5. The molecule has 444 valence electrons. The van der Waals surface area contributed by atoms with E-state index in [0.717, 1.165) is 70.6 Å². The molecule has 1 aliphatic rings. The molecule has 1 fully saturated rings. The van der Waals surface area contributed by atoms with Gasteiger partial charge in [0.2, 0.25) is 5.91 Å². The molecule has 1 rings (SSSR count). The Kier molecular flexibility index (Phi) is 49.9. The predicted octanol–water partition coefficient (Wildman–Crippen LogP) is 14.9. The molecule has 1 aliphatic heterocycles. The number of carbonyl (C=O) groups is 2. The Balaban J connectivity index is 2.58. The molecule has 0 aliphatic carbocycles. The molecule has 1 saturated heterocycles. The van der Waals surface area contributed by atoms with Crippen LogP contribution in [0.3, 0.4) is 0 Å². The third-order valence-electron chi connectivity index (χ3n) is 14.4. The van der Waals surface area contributed by atoms with Crippen LogP contribution in [0.1, 0.15) is 258 Å². The Bertz CT molecular complexity index is 1570. The van der Waals surface area contributed by atoms with Crippen LogP contribution in [-0.4, -0.2) is 99.6 Å². The summed E-state index contributed by atoms with van der Waals surface area (Å²) in [6.45, 7) is 5.58. The monoisotopic (exact) mass is 1080 g/mol. The highest BCUT2D eigenvalue weighted by atomic mass is 16.7. The van der Waals surface area contributed by atoms with Crippen molar-refractivity contribution in [1.29, 1.82) is 0 Å². The number of nitrogens with one attached hydrogen (secondary N) is 1. The summed E-state index contributed by atoms with van der Waals surface area (Å²) in [6, 6.07) is -1.05. The smallest absolute Gasteiger partial charge is 0.306 e. The Labute approximate surface area is 470 Å². The van der Waals surface area contributed by atoms with E-state index < -0.39 is 67.4 Å². The van der Waals surface area contributed by atoms with Crippen LogP contribution in [-0.2, 0) is 23.8 Å². The maximum Gasteiger partial charge on any atom is 0.306 e. The van der Waals surface area contributed by atoms with E-state index in [9.17, 15) is 35.1 Å². The third kappa shape index (κ3) is 41.5. The fourth-order valence-corrected chi connectivity index (χ4v) is 9.40. The van der Waals surface area contributed by atoms with E-state index in [1.165, 1.54) is 141 Å². The van der Waals surface area contributed by atoms with Crippen LogP contribution in [0, 0.1) is 0 Å². The van der Waals surface area contributed by atoms with Gasteiger partial charge in [-0.1, -0.05) is 260 Å². The number of allylic oxidation sites excluding steroid dienone is 13. The third-order valence-corrected chi connectivity index (χ3v) is 14.4. The maximum atomic E-state index is 13.3. The molecule has 11 heteroatoms. The van der Waals surface area contributed by atoms with Gasteiger partial charge < -0.3 is 45.1 Å². The lowest BCUT2D eigenvalue weighted by atomic mass is 9.99. The van der Waals surface area contributed by atoms with Gasteiger partial charge in [-0.05, 0) is 77.0 Å². The summed E-state index contributed by atoms with van der Waals surface area (Å²) in [7, 11) is 0. The van der Waals surface area contributed by atoms with E-state index >= 15 is 0 Å². The molecule has 0 saturated carbocycles. The highest BCUT2D eigenvalue weighted by Crippen LogP contribution is 2.26. The fraction of sp³-hybridized carbons (Fsp3) is 0.758. The number of unbranched alkanes of at least 4 members (excludes halogenated alkanes) is 29. The van der Waals surface area contributed by atoms with E-state index in [1.54, 1.807) is 6.08 Å². The molecule has 1 amide bonds. The lowest BCUT2D eigenvalue weighted by Crippen LogP contribution is -2.61.